The SMILES string of the molecule is CN(C)CC1CCCN1c1ccnc(CNC(C)(C)C)c1. The van der Waals surface area contributed by atoms with Gasteiger partial charge in [0.1, 0.15) is 0 Å². The predicted molar refractivity (Wildman–Crippen MR) is 89.8 cm³/mol. The summed E-state index contributed by atoms with van der Waals surface area (Å²) in [6.07, 6.45) is 4.52. The Labute approximate surface area is 129 Å². The van der Waals surface area contributed by atoms with E-state index >= 15 is 0 Å². The van der Waals surface area contributed by atoms with Crippen molar-refractivity contribution < 1.29 is 0 Å². The number of nitrogens with one attached hydrogen (secondary N) is 1. The highest BCUT2D eigenvalue weighted by molar-refractivity contribution is 5.48. The standard InChI is InChI=1S/C17H30N4/c1-17(2,3)19-12-14-11-15(8-9-18-14)21-10-6-7-16(21)13-20(4)5/h8-9,11,16,19H,6-7,10,12-13H2,1-5H3. The largest absolute Gasteiger partial charge is 0.367 e. The molecule has 1 atom stereocenters. The molecule has 2 heterocycles. The predicted octanol–water partition coefficient (Wildman–Crippen LogP) is 2.50. The van der Waals surface area contributed by atoms with E-state index < -0.39 is 0 Å². The van der Waals surface area contributed by atoms with Crippen LogP contribution in [0.1, 0.15) is 39.3 Å². The zero-order valence-electron chi connectivity index (χ0n) is 14.2. The van der Waals surface area contributed by atoms with Crippen molar-refractivity contribution in [3.05, 3.63) is 24.0 Å². The van der Waals surface area contributed by atoms with Crippen LogP contribution in [0.15, 0.2) is 18.3 Å². The van der Waals surface area contributed by atoms with E-state index in [0.717, 1.165) is 25.3 Å². The minimum Gasteiger partial charge on any atom is -0.367 e. The summed E-state index contributed by atoms with van der Waals surface area (Å²) in [7, 11) is 4.31. The summed E-state index contributed by atoms with van der Waals surface area (Å²) in [5.74, 6) is 0. The van der Waals surface area contributed by atoms with Crippen LogP contribution in [0.25, 0.3) is 0 Å². The van der Waals surface area contributed by atoms with Crippen molar-refractivity contribution in [3.8, 4) is 0 Å². The highest BCUT2D eigenvalue weighted by Gasteiger charge is 2.25. The molecule has 1 fully saturated rings. The zero-order valence-corrected chi connectivity index (χ0v) is 14.2. The van der Waals surface area contributed by atoms with Crippen molar-refractivity contribution in [2.45, 2.75) is 51.7 Å². The molecule has 0 radical (unpaired) electrons. The normalized spacial score (nSPS) is 19.5. The summed E-state index contributed by atoms with van der Waals surface area (Å²) in [5.41, 5.74) is 2.57. The Morgan fingerprint density at radius 2 is 2.14 bits per heavy atom. The minimum absolute atomic E-state index is 0.124. The summed E-state index contributed by atoms with van der Waals surface area (Å²) >= 11 is 0. The average molecular weight is 290 g/mol. The summed E-state index contributed by atoms with van der Waals surface area (Å²) in [5, 5.41) is 3.51. The third kappa shape index (κ3) is 4.97. The first-order chi connectivity index (χ1) is 9.85. The fourth-order valence-electron chi connectivity index (χ4n) is 2.88. The highest BCUT2D eigenvalue weighted by Crippen LogP contribution is 2.26. The van der Waals surface area contributed by atoms with Crippen LogP contribution < -0.4 is 10.2 Å². The lowest BCUT2D eigenvalue weighted by atomic mass is 10.1. The Morgan fingerprint density at radius 3 is 2.81 bits per heavy atom. The van der Waals surface area contributed by atoms with Crippen LogP contribution in [0.5, 0.6) is 0 Å². The molecule has 1 aromatic heterocycles. The molecule has 0 bridgehead atoms. The van der Waals surface area contributed by atoms with Gasteiger partial charge in [-0.1, -0.05) is 0 Å². The first-order valence-electron chi connectivity index (χ1n) is 7.96. The maximum Gasteiger partial charge on any atom is 0.0562 e. The van der Waals surface area contributed by atoms with E-state index in [2.05, 4.69) is 67.1 Å². The van der Waals surface area contributed by atoms with E-state index in [1.54, 1.807) is 0 Å². The molecule has 1 N–H and O–H groups in total. The summed E-state index contributed by atoms with van der Waals surface area (Å²) in [6.45, 7) is 9.66. The van der Waals surface area contributed by atoms with Crippen LogP contribution in [0.3, 0.4) is 0 Å². The number of hydrogen-bond acceptors (Lipinski definition) is 4. The minimum atomic E-state index is 0.124. The molecule has 0 saturated carbocycles. The molecule has 0 spiro atoms. The van der Waals surface area contributed by atoms with Crippen LogP contribution in [0.4, 0.5) is 5.69 Å². The second-order valence-electron chi connectivity index (χ2n) is 7.36. The molecular weight excluding hydrogens is 260 g/mol. The van der Waals surface area contributed by atoms with Crippen molar-refractivity contribution in [1.29, 1.82) is 0 Å². The van der Waals surface area contributed by atoms with Gasteiger partial charge in [0.15, 0.2) is 0 Å². The van der Waals surface area contributed by atoms with Gasteiger partial charge in [0.05, 0.1) is 5.69 Å². The van der Waals surface area contributed by atoms with Crippen molar-refractivity contribution >= 4 is 5.69 Å². The van der Waals surface area contributed by atoms with Crippen LogP contribution in [-0.2, 0) is 6.54 Å². The highest BCUT2D eigenvalue weighted by atomic mass is 15.2. The molecule has 1 aliphatic heterocycles. The van der Waals surface area contributed by atoms with Crippen molar-refractivity contribution in [1.82, 2.24) is 15.2 Å². The van der Waals surface area contributed by atoms with Gasteiger partial charge < -0.3 is 15.1 Å². The van der Waals surface area contributed by atoms with Gasteiger partial charge in [-0.15, -0.1) is 0 Å². The molecule has 1 aliphatic rings. The third-order valence-corrected chi connectivity index (χ3v) is 3.88. The molecule has 4 heteroatoms. The van der Waals surface area contributed by atoms with Gasteiger partial charge in [0, 0.05) is 43.1 Å². The smallest absolute Gasteiger partial charge is 0.0562 e. The fraction of sp³-hybridized carbons (Fsp3) is 0.706. The molecule has 1 saturated heterocycles. The molecular formula is C17H30N4. The van der Waals surface area contributed by atoms with E-state index in [4.69, 9.17) is 0 Å². The number of likely N-dealkylation sites (N-methyl/N-ethyl adjacent to an activating group) is 1. The second-order valence-corrected chi connectivity index (χ2v) is 7.36. The lowest BCUT2D eigenvalue weighted by Gasteiger charge is -2.29. The van der Waals surface area contributed by atoms with Crippen molar-refractivity contribution in [3.63, 3.8) is 0 Å². The number of rotatable bonds is 5. The van der Waals surface area contributed by atoms with Gasteiger partial charge >= 0.3 is 0 Å². The van der Waals surface area contributed by atoms with Gasteiger partial charge in [-0.05, 0) is 59.8 Å². The molecule has 118 valence electrons. The summed E-state index contributed by atoms with van der Waals surface area (Å²) in [6, 6.07) is 5.02. The van der Waals surface area contributed by atoms with Crippen LogP contribution >= 0.6 is 0 Å². The molecule has 1 aromatic rings. The number of anilines is 1. The maximum atomic E-state index is 4.50. The quantitative estimate of drug-likeness (QED) is 0.903. The first-order valence-corrected chi connectivity index (χ1v) is 7.96. The monoisotopic (exact) mass is 290 g/mol. The Morgan fingerprint density at radius 1 is 1.38 bits per heavy atom. The lowest BCUT2D eigenvalue weighted by Crippen LogP contribution is -2.38. The van der Waals surface area contributed by atoms with Gasteiger partial charge in [-0.25, -0.2) is 0 Å². The van der Waals surface area contributed by atoms with Crippen molar-refractivity contribution in [2.75, 3.05) is 32.1 Å². The average Bonchev–Trinajstić information content (AvgIpc) is 2.83. The van der Waals surface area contributed by atoms with Crippen molar-refractivity contribution in [2.24, 2.45) is 0 Å². The third-order valence-electron chi connectivity index (χ3n) is 3.88. The molecule has 0 aromatic carbocycles. The number of aromatic nitrogens is 1. The topological polar surface area (TPSA) is 31.4 Å². The van der Waals surface area contributed by atoms with E-state index in [1.807, 2.05) is 6.20 Å². The molecule has 0 aliphatic carbocycles. The Hall–Kier alpha value is -1.13. The van der Waals surface area contributed by atoms with E-state index in [1.165, 1.54) is 18.5 Å². The second kappa shape index (κ2) is 6.75. The van der Waals surface area contributed by atoms with Gasteiger partial charge in [0.25, 0.3) is 0 Å². The molecule has 21 heavy (non-hydrogen) atoms. The van der Waals surface area contributed by atoms with E-state index in [0.29, 0.717) is 6.04 Å². The lowest BCUT2D eigenvalue weighted by molar-refractivity contribution is 0.372. The molecule has 0 amide bonds. The summed E-state index contributed by atoms with van der Waals surface area (Å²) in [4.78, 5) is 9.33. The van der Waals surface area contributed by atoms with Gasteiger partial charge in [-0.2, -0.15) is 0 Å². The molecule has 1 unspecified atom stereocenters. The molecule has 2 rings (SSSR count). The Bertz CT molecular complexity index is 450. The number of pyridine rings is 1. The Kier molecular flexibility index (Phi) is 5.22. The molecule has 4 nitrogen and oxygen atoms in total. The summed E-state index contributed by atoms with van der Waals surface area (Å²) < 4.78 is 0. The van der Waals surface area contributed by atoms with Gasteiger partial charge in [0.2, 0.25) is 0 Å². The number of hydrogen-bond donors (Lipinski definition) is 1. The van der Waals surface area contributed by atoms with E-state index in [9.17, 15) is 0 Å². The Balaban J connectivity index is 2.06. The van der Waals surface area contributed by atoms with E-state index in [-0.39, 0.29) is 5.54 Å². The maximum absolute atomic E-state index is 4.50. The number of nitrogens with zero attached hydrogens (tertiary/aromatic N) is 3. The van der Waals surface area contributed by atoms with Crippen LogP contribution in [-0.4, -0.2) is 48.6 Å². The van der Waals surface area contributed by atoms with Crippen LogP contribution in [0, 0.1) is 0 Å². The zero-order chi connectivity index (χ0) is 15.5. The van der Waals surface area contributed by atoms with Crippen LogP contribution in [0.2, 0.25) is 0 Å². The van der Waals surface area contributed by atoms with Gasteiger partial charge in [-0.3, -0.25) is 4.98 Å². The first kappa shape index (κ1) is 16.2. The fourth-order valence-corrected chi connectivity index (χ4v) is 2.88.